The number of nitrogens with one attached hydrogen (secondary N) is 2. The van der Waals surface area contributed by atoms with E-state index in [1.54, 1.807) is 20.8 Å². The van der Waals surface area contributed by atoms with Gasteiger partial charge in [0.25, 0.3) is 5.91 Å². The van der Waals surface area contributed by atoms with Crippen molar-refractivity contribution in [3.05, 3.63) is 77.4 Å². The fourth-order valence-corrected chi connectivity index (χ4v) is 5.15. The third-order valence-corrected chi connectivity index (χ3v) is 7.16. The number of nitriles is 1. The lowest BCUT2D eigenvalue weighted by Crippen LogP contribution is -2.53. The van der Waals surface area contributed by atoms with Crippen LogP contribution >= 0.6 is 11.8 Å². The van der Waals surface area contributed by atoms with Crippen LogP contribution in [0.4, 0.5) is 10.5 Å². The molecule has 8 nitrogen and oxygen atoms in total. The molecule has 0 aliphatic heterocycles. The fraction of sp³-hybridized carbons (Fsp3) is 0.375. The van der Waals surface area contributed by atoms with Gasteiger partial charge in [0.1, 0.15) is 24.2 Å². The van der Waals surface area contributed by atoms with E-state index in [0.29, 0.717) is 23.4 Å². The predicted octanol–water partition coefficient (Wildman–Crippen LogP) is 6.14. The second-order valence-corrected chi connectivity index (χ2v) is 11.8. The number of fused-ring (bicyclic) bond motifs is 1. The molecule has 0 saturated carbocycles. The first-order chi connectivity index (χ1) is 19.4. The minimum atomic E-state index is -1.12. The molecule has 3 amide bonds. The molecule has 2 atom stereocenters. The molecule has 41 heavy (non-hydrogen) atoms. The Bertz CT molecular complexity index is 1420. The number of anilines is 1. The molecular weight excluding hydrogens is 536 g/mol. The molecule has 0 radical (unpaired) electrons. The Morgan fingerprint density at radius 3 is 2.27 bits per heavy atom. The SMILES string of the molecule is CSCCC(NC(=O)OC(C)(C)C)C(=O)N(CC#N)C(C(=O)Nc1ccc2ccccc2c1)c1c(C)cccc1C. The van der Waals surface area contributed by atoms with Gasteiger partial charge in [-0.2, -0.15) is 17.0 Å². The zero-order chi connectivity index (χ0) is 30.2. The van der Waals surface area contributed by atoms with Gasteiger partial charge in [-0.15, -0.1) is 0 Å². The summed E-state index contributed by atoms with van der Waals surface area (Å²) in [7, 11) is 0. The van der Waals surface area contributed by atoms with Crippen LogP contribution in [-0.4, -0.2) is 53.0 Å². The molecule has 3 rings (SSSR count). The van der Waals surface area contributed by atoms with Crippen molar-refractivity contribution in [2.75, 3.05) is 23.9 Å². The largest absolute Gasteiger partial charge is 0.444 e. The highest BCUT2D eigenvalue weighted by Gasteiger charge is 2.37. The highest BCUT2D eigenvalue weighted by Crippen LogP contribution is 2.30. The van der Waals surface area contributed by atoms with Gasteiger partial charge < -0.3 is 20.3 Å². The number of carbonyl (C=O) groups is 3. The van der Waals surface area contributed by atoms with Crippen molar-refractivity contribution in [1.82, 2.24) is 10.2 Å². The van der Waals surface area contributed by atoms with E-state index in [4.69, 9.17) is 4.74 Å². The number of alkyl carbamates (subject to hydrolysis) is 1. The van der Waals surface area contributed by atoms with Crippen molar-refractivity contribution in [1.29, 1.82) is 5.26 Å². The standard InChI is InChI=1S/C32H38N4O4S/c1-21-10-9-11-22(2)27(21)28(29(37)34-25-15-14-23-12-7-8-13-24(23)20-25)36(18-17-33)30(38)26(16-19-41-6)35-31(39)40-32(3,4)5/h7-15,20,26,28H,16,18-19H2,1-6H3,(H,34,37)(H,35,39). The Morgan fingerprint density at radius 2 is 1.66 bits per heavy atom. The van der Waals surface area contributed by atoms with E-state index < -0.39 is 35.6 Å². The maximum absolute atomic E-state index is 14.1. The third-order valence-electron chi connectivity index (χ3n) is 6.52. The predicted molar refractivity (Wildman–Crippen MR) is 165 cm³/mol. The average Bonchev–Trinajstić information content (AvgIpc) is 2.90. The second kappa shape index (κ2) is 14.0. The summed E-state index contributed by atoms with van der Waals surface area (Å²) in [6.07, 6.45) is 1.46. The Balaban J connectivity index is 2.05. The number of aryl methyl sites for hydroxylation is 2. The number of rotatable bonds is 10. The Labute approximate surface area is 246 Å². The van der Waals surface area contributed by atoms with Gasteiger partial charge in [-0.3, -0.25) is 9.59 Å². The summed E-state index contributed by atoms with van der Waals surface area (Å²) in [4.78, 5) is 42.2. The average molecular weight is 575 g/mol. The van der Waals surface area contributed by atoms with Gasteiger partial charge in [0.05, 0.1) is 6.07 Å². The van der Waals surface area contributed by atoms with Gasteiger partial charge in [-0.1, -0.05) is 48.5 Å². The molecule has 2 N–H and O–H groups in total. The van der Waals surface area contributed by atoms with Crippen LogP contribution < -0.4 is 10.6 Å². The smallest absolute Gasteiger partial charge is 0.408 e. The van der Waals surface area contributed by atoms with Gasteiger partial charge in [0, 0.05) is 5.69 Å². The molecule has 0 bridgehead atoms. The Morgan fingerprint density at radius 1 is 1.00 bits per heavy atom. The lowest BCUT2D eigenvalue weighted by Gasteiger charge is -2.34. The van der Waals surface area contributed by atoms with Gasteiger partial charge in [0.2, 0.25) is 5.91 Å². The molecule has 0 heterocycles. The number of hydrogen-bond donors (Lipinski definition) is 2. The van der Waals surface area contributed by atoms with E-state index in [-0.39, 0.29) is 6.54 Å². The maximum atomic E-state index is 14.1. The molecule has 2 unspecified atom stereocenters. The van der Waals surface area contributed by atoms with Crippen molar-refractivity contribution < 1.29 is 19.1 Å². The lowest BCUT2D eigenvalue weighted by molar-refractivity contribution is -0.140. The van der Waals surface area contributed by atoms with Gasteiger partial charge >= 0.3 is 6.09 Å². The molecule has 3 aromatic rings. The number of carbonyl (C=O) groups excluding carboxylic acids is 3. The van der Waals surface area contributed by atoms with E-state index in [0.717, 1.165) is 21.9 Å². The first-order valence-corrected chi connectivity index (χ1v) is 14.9. The molecule has 0 fully saturated rings. The van der Waals surface area contributed by atoms with Crippen LogP contribution in [0.3, 0.4) is 0 Å². The van der Waals surface area contributed by atoms with Crippen LogP contribution in [0.5, 0.6) is 0 Å². The first-order valence-electron chi connectivity index (χ1n) is 13.5. The van der Waals surface area contributed by atoms with Crippen LogP contribution in [0.15, 0.2) is 60.7 Å². The Hall–Kier alpha value is -4.03. The normalized spacial score (nSPS) is 12.6. The van der Waals surface area contributed by atoms with Crippen LogP contribution in [0, 0.1) is 25.2 Å². The zero-order valence-corrected chi connectivity index (χ0v) is 25.3. The van der Waals surface area contributed by atoms with Crippen LogP contribution in [0.2, 0.25) is 0 Å². The minimum absolute atomic E-state index is 0.299. The summed E-state index contributed by atoms with van der Waals surface area (Å²) in [5.41, 5.74) is 2.06. The number of hydrogen-bond acceptors (Lipinski definition) is 6. The lowest BCUT2D eigenvalue weighted by atomic mass is 9.93. The summed E-state index contributed by atoms with van der Waals surface area (Å²) in [6, 6.07) is 19.0. The Kier molecular flexibility index (Phi) is 10.8. The number of nitrogens with zero attached hydrogens (tertiary/aromatic N) is 2. The highest BCUT2D eigenvalue weighted by atomic mass is 32.2. The monoisotopic (exact) mass is 574 g/mol. The molecule has 0 aliphatic carbocycles. The topological polar surface area (TPSA) is 112 Å². The highest BCUT2D eigenvalue weighted by molar-refractivity contribution is 7.98. The van der Waals surface area contributed by atoms with Gasteiger partial charge in [0.15, 0.2) is 0 Å². The molecule has 0 aliphatic rings. The van der Waals surface area contributed by atoms with E-state index >= 15 is 0 Å². The number of thioether (sulfide) groups is 1. The maximum Gasteiger partial charge on any atom is 0.408 e. The van der Waals surface area contributed by atoms with Gasteiger partial charge in [-0.05, 0) is 92.6 Å². The van der Waals surface area contributed by atoms with Crippen molar-refractivity contribution in [3.8, 4) is 6.07 Å². The minimum Gasteiger partial charge on any atom is -0.444 e. The van der Waals surface area contributed by atoms with Crippen LogP contribution in [-0.2, 0) is 14.3 Å². The van der Waals surface area contributed by atoms with E-state index in [9.17, 15) is 19.6 Å². The second-order valence-electron chi connectivity index (χ2n) is 10.9. The number of benzene rings is 3. The fourth-order valence-electron chi connectivity index (χ4n) is 4.68. The van der Waals surface area contributed by atoms with Crippen molar-refractivity contribution >= 4 is 46.1 Å². The summed E-state index contributed by atoms with van der Waals surface area (Å²) in [5.74, 6) is -0.417. The van der Waals surface area contributed by atoms with Gasteiger partial charge in [-0.25, -0.2) is 4.79 Å². The molecule has 216 valence electrons. The molecule has 3 aromatic carbocycles. The molecule has 0 aromatic heterocycles. The zero-order valence-electron chi connectivity index (χ0n) is 24.5. The first kappa shape index (κ1) is 31.5. The molecule has 0 saturated heterocycles. The summed E-state index contributed by atoms with van der Waals surface area (Å²) in [5, 5.41) is 17.5. The van der Waals surface area contributed by atoms with Crippen molar-refractivity contribution in [2.45, 2.75) is 58.7 Å². The van der Waals surface area contributed by atoms with Crippen LogP contribution in [0.1, 0.15) is 49.9 Å². The van der Waals surface area contributed by atoms with Crippen molar-refractivity contribution in [3.63, 3.8) is 0 Å². The summed E-state index contributed by atoms with van der Waals surface area (Å²) in [6.45, 7) is 8.61. The quantitative estimate of drug-likeness (QED) is 0.282. The summed E-state index contributed by atoms with van der Waals surface area (Å²) >= 11 is 1.52. The van der Waals surface area contributed by atoms with Crippen molar-refractivity contribution in [2.24, 2.45) is 0 Å². The van der Waals surface area contributed by atoms with E-state index in [1.807, 2.05) is 80.8 Å². The van der Waals surface area contributed by atoms with Crippen LogP contribution in [0.25, 0.3) is 10.8 Å². The molecule has 9 heteroatoms. The molecule has 0 spiro atoms. The third kappa shape index (κ3) is 8.48. The summed E-state index contributed by atoms with van der Waals surface area (Å²) < 4.78 is 5.41. The van der Waals surface area contributed by atoms with E-state index in [2.05, 4.69) is 16.7 Å². The van der Waals surface area contributed by atoms with E-state index in [1.165, 1.54) is 16.7 Å². The number of amides is 3. The molecular formula is C32H38N4O4S. The number of ether oxygens (including phenoxy) is 1.